The summed E-state index contributed by atoms with van der Waals surface area (Å²) in [6.07, 6.45) is 0. The summed E-state index contributed by atoms with van der Waals surface area (Å²) in [6.45, 7) is 1.85. The van der Waals surface area contributed by atoms with Crippen LogP contribution in [-0.4, -0.2) is 16.1 Å². The number of benzene rings is 3. The van der Waals surface area contributed by atoms with Gasteiger partial charge >= 0.3 is 0 Å². The quantitative estimate of drug-likeness (QED) is 0.547. The average Bonchev–Trinajstić information content (AvgIpc) is 3.18. The molecule has 27 heavy (non-hydrogen) atoms. The van der Waals surface area contributed by atoms with Gasteiger partial charge in [-0.05, 0) is 41.5 Å². The van der Waals surface area contributed by atoms with Crippen molar-refractivity contribution in [1.82, 2.24) is 15.5 Å². The SMILES string of the molecule is C[C@H](NC(=O)c1cc(-c2cccc3ccccc23)n[nH]1)c1ccc(F)cc1. The molecule has 3 aromatic carbocycles. The van der Waals surface area contributed by atoms with Gasteiger partial charge in [0.2, 0.25) is 0 Å². The summed E-state index contributed by atoms with van der Waals surface area (Å²) in [5, 5.41) is 12.2. The number of fused-ring (bicyclic) bond motifs is 1. The van der Waals surface area contributed by atoms with E-state index < -0.39 is 0 Å². The molecular weight excluding hydrogens is 341 g/mol. The Labute approximate surface area is 156 Å². The van der Waals surface area contributed by atoms with E-state index in [2.05, 4.69) is 15.5 Å². The van der Waals surface area contributed by atoms with Gasteiger partial charge in [-0.2, -0.15) is 5.10 Å². The molecule has 0 saturated heterocycles. The van der Waals surface area contributed by atoms with Gasteiger partial charge < -0.3 is 5.32 Å². The van der Waals surface area contributed by atoms with E-state index in [0.29, 0.717) is 11.4 Å². The number of hydrogen-bond donors (Lipinski definition) is 2. The minimum Gasteiger partial charge on any atom is -0.344 e. The number of hydrogen-bond acceptors (Lipinski definition) is 2. The van der Waals surface area contributed by atoms with Crippen molar-refractivity contribution >= 4 is 16.7 Å². The fraction of sp³-hybridized carbons (Fsp3) is 0.0909. The van der Waals surface area contributed by atoms with Crippen LogP contribution in [-0.2, 0) is 0 Å². The van der Waals surface area contributed by atoms with Crippen LogP contribution in [0.25, 0.3) is 22.0 Å². The number of amides is 1. The Morgan fingerprint density at radius 2 is 1.78 bits per heavy atom. The van der Waals surface area contributed by atoms with Crippen LogP contribution in [0.1, 0.15) is 29.0 Å². The van der Waals surface area contributed by atoms with E-state index in [1.807, 2.05) is 49.4 Å². The summed E-state index contributed by atoms with van der Waals surface area (Å²) < 4.78 is 13.1. The maximum absolute atomic E-state index is 13.1. The highest BCUT2D eigenvalue weighted by atomic mass is 19.1. The molecule has 5 heteroatoms. The monoisotopic (exact) mass is 359 g/mol. The van der Waals surface area contributed by atoms with Gasteiger partial charge in [0.15, 0.2) is 0 Å². The third-order valence-electron chi connectivity index (χ3n) is 4.61. The Kier molecular flexibility index (Phi) is 4.42. The molecule has 0 aliphatic heterocycles. The zero-order valence-electron chi connectivity index (χ0n) is 14.7. The van der Waals surface area contributed by atoms with Gasteiger partial charge in [-0.25, -0.2) is 4.39 Å². The highest BCUT2D eigenvalue weighted by Crippen LogP contribution is 2.27. The van der Waals surface area contributed by atoms with E-state index in [9.17, 15) is 9.18 Å². The van der Waals surface area contributed by atoms with Gasteiger partial charge in [0, 0.05) is 5.56 Å². The fourth-order valence-electron chi connectivity index (χ4n) is 3.13. The molecule has 134 valence electrons. The van der Waals surface area contributed by atoms with E-state index in [4.69, 9.17) is 0 Å². The molecule has 0 unspecified atom stereocenters. The molecule has 1 atom stereocenters. The van der Waals surface area contributed by atoms with Crippen molar-refractivity contribution in [3.63, 3.8) is 0 Å². The average molecular weight is 359 g/mol. The van der Waals surface area contributed by atoms with Gasteiger partial charge in [0.1, 0.15) is 11.5 Å². The number of aromatic nitrogens is 2. The molecular formula is C22H18FN3O. The molecule has 0 saturated carbocycles. The van der Waals surface area contributed by atoms with E-state index >= 15 is 0 Å². The Bertz CT molecular complexity index is 1100. The second kappa shape index (κ2) is 7.03. The lowest BCUT2D eigenvalue weighted by molar-refractivity contribution is 0.0935. The lowest BCUT2D eigenvalue weighted by atomic mass is 10.0. The first kappa shape index (κ1) is 17.0. The summed E-state index contributed by atoms with van der Waals surface area (Å²) in [5.74, 6) is -0.559. The Hall–Kier alpha value is -3.47. The van der Waals surface area contributed by atoms with Crippen LogP contribution in [0.2, 0.25) is 0 Å². The van der Waals surface area contributed by atoms with Gasteiger partial charge in [-0.3, -0.25) is 9.89 Å². The number of nitrogens with zero attached hydrogens (tertiary/aromatic N) is 1. The van der Waals surface area contributed by atoms with Crippen molar-refractivity contribution in [3.05, 3.63) is 89.9 Å². The van der Waals surface area contributed by atoms with Crippen LogP contribution in [0.15, 0.2) is 72.8 Å². The number of carbonyl (C=O) groups excluding carboxylic acids is 1. The Morgan fingerprint density at radius 3 is 2.59 bits per heavy atom. The molecule has 0 bridgehead atoms. The van der Waals surface area contributed by atoms with Crippen LogP contribution in [0.5, 0.6) is 0 Å². The van der Waals surface area contributed by atoms with Crippen LogP contribution >= 0.6 is 0 Å². The summed E-state index contributed by atoms with van der Waals surface area (Å²) >= 11 is 0. The standard InChI is InChI=1S/C22H18FN3O/c1-14(15-9-11-17(23)12-10-15)24-22(27)21-13-20(25-26-21)19-8-4-6-16-5-2-3-7-18(16)19/h2-14H,1H3,(H,24,27)(H,25,26)/t14-/m0/s1. The van der Waals surface area contributed by atoms with Crippen molar-refractivity contribution in [2.45, 2.75) is 13.0 Å². The molecule has 0 spiro atoms. The molecule has 4 aromatic rings. The molecule has 0 aliphatic carbocycles. The van der Waals surface area contributed by atoms with E-state index in [0.717, 1.165) is 21.9 Å². The molecule has 0 radical (unpaired) electrons. The highest BCUT2D eigenvalue weighted by molar-refractivity contribution is 5.98. The molecule has 2 N–H and O–H groups in total. The molecule has 1 heterocycles. The maximum Gasteiger partial charge on any atom is 0.269 e. The zero-order chi connectivity index (χ0) is 18.8. The van der Waals surface area contributed by atoms with Crippen molar-refractivity contribution in [2.75, 3.05) is 0 Å². The van der Waals surface area contributed by atoms with Crippen LogP contribution < -0.4 is 5.32 Å². The molecule has 1 amide bonds. The van der Waals surface area contributed by atoms with Crippen molar-refractivity contribution in [1.29, 1.82) is 0 Å². The maximum atomic E-state index is 13.1. The Morgan fingerprint density at radius 1 is 1.04 bits per heavy atom. The van der Waals surface area contributed by atoms with Crippen LogP contribution in [0.3, 0.4) is 0 Å². The molecule has 0 aliphatic rings. The topological polar surface area (TPSA) is 57.8 Å². The normalized spacial score (nSPS) is 12.1. The minimum absolute atomic E-state index is 0.248. The van der Waals surface area contributed by atoms with E-state index in [1.54, 1.807) is 18.2 Å². The summed E-state index contributed by atoms with van der Waals surface area (Å²) in [4.78, 5) is 12.5. The number of nitrogens with one attached hydrogen (secondary N) is 2. The summed E-state index contributed by atoms with van der Waals surface area (Å²) in [5.41, 5.74) is 2.90. The molecule has 4 rings (SSSR count). The van der Waals surface area contributed by atoms with Crippen LogP contribution in [0.4, 0.5) is 4.39 Å². The number of carbonyl (C=O) groups is 1. The Balaban J connectivity index is 1.56. The third-order valence-corrected chi connectivity index (χ3v) is 4.61. The second-order valence-corrected chi connectivity index (χ2v) is 6.44. The first-order valence-electron chi connectivity index (χ1n) is 8.72. The van der Waals surface area contributed by atoms with Gasteiger partial charge in [0.05, 0.1) is 11.7 Å². The van der Waals surface area contributed by atoms with Gasteiger partial charge in [-0.15, -0.1) is 0 Å². The zero-order valence-corrected chi connectivity index (χ0v) is 14.7. The fourth-order valence-corrected chi connectivity index (χ4v) is 3.13. The van der Waals surface area contributed by atoms with Crippen molar-refractivity contribution in [2.24, 2.45) is 0 Å². The molecule has 1 aromatic heterocycles. The first-order valence-corrected chi connectivity index (χ1v) is 8.72. The van der Waals surface area contributed by atoms with Gasteiger partial charge in [-0.1, -0.05) is 54.6 Å². The second-order valence-electron chi connectivity index (χ2n) is 6.44. The minimum atomic E-state index is -0.300. The molecule has 4 nitrogen and oxygen atoms in total. The summed E-state index contributed by atoms with van der Waals surface area (Å²) in [7, 11) is 0. The first-order chi connectivity index (χ1) is 13.1. The molecule has 0 fully saturated rings. The smallest absolute Gasteiger partial charge is 0.269 e. The largest absolute Gasteiger partial charge is 0.344 e. The van der Waals surface area contributed by atoms with E-state index in [1.165, 1.54) is 12.1 Å². The lowest BCUT2D eigenvalue weighted by Crippen LogP contribution is -2.26. The van der Waals surface area contributed by atoms with Crippen molar-refractivity contribution in [3.8, 4) is 11.3 Å². The number of H-pyrrole nitrogens is 1. The van der Waals surface area contributed by atoms with Crippen LogP contribution in [0, 0.1) is 5.82 Å². The number of halogens is 1. The third kappa shape index (κ3) is 3.44. The number of aromatic amines is 1. The highest BCUT2D eigenvalue weighted by Gasteiger charge is 2.15. The predicted octanol–water partition coefficient (Wildman–Crippen LogP) is 4.86. The predicted molar refractivity (Wildman–Crippen MR) is 104 cm³/mol. The summed E-state index contributed by atoms with van der Waals surface area (Å²) in [6, 6.07) is 21.6. The van der Waals surface area contributed by atoms with Gasteiger partial charge in [0.25, 0.3) is 5.91 Å². The van der Waals surface area contributed by atoms with Crippen molar-refractivity contribution < 1.29 is 9.18 Å². The number of rotatable bonds is 4. The lowest BCUT2D eigenvalue weighted by Gasteiger charge is -2.13. The van der Waals surface area contributed by atoms with E-state index in [-0.39, 0.29) is 17.8 Å².